The lowest BCUT2D eigenvalue weighted by atomic mass is 9.85. The molecule has 4 heterocycles. The third kappa shape index (κ3) is 8.73. The van der Waals surface area contributed by atoms with E-state index in [-0.39, 0.29) is 53.9 Å². The summed E-state index contributed by atoms with van der Waals surface area (Å²) in [5.41, 5.74) is 1.85. The van der Waals surface area contributed by atoms with Gasteiger partial charge in [0.15, 0.2) is 0 Å². The number of fused-ring (bicyclic) bond motifs is 1. The average molecular weight is 784 g/mol. The quantitative estimate of drug-likeness (QED) is 0.141. The minimum absolute atomic E-state index is 0.107. The van der Waals surface area contributed by atoms with E-state index in [0.717, 1.165) is 24.5 Å². The monoisotopic (exact) mass is 783 g/mol. The molecule has 1 atom stereocenters. The van der Waals surface area contributed by atoms with Crippen LogP contribution >= 0.6 is 0 Å². The number of hydrogen-bond donors (Lipinski definition) is 2. The van der Waals surface area contributed by atoms with Crippen LogP contribution in [0.25, 0.3) is 21.9 Å². The van der Waals surface area contributed by atoms with Crippen molar-refractivity contribution in [3.63, 3.8) is 0 Å². The molecule has 3 aromatic carbocycles. The summed E-state index contributed by atoms with van der Waals surface area (Å²) in [5.74, 6) is -1.57. The molecule has 0 radical (unpaired) electrons. The lowest BCUT2D eigenvalue weighted by Crippen LogP contribution is -2.47. The van der Waals surface area contributed by atoms with Gasteiger partial charge >= 0.3 is 12.5 Å². The van der Waals surface area contributed by atoms with Crippen LogP contribution in [-0.2, 0) is 29.4 Å². The van der Waals surface area contributed by atoms with Gasteiger partial charge in [-0.2, -0.15) is 13.2 Å². The van der Waals surface area contributed by atoms with Gasteiger partial charge in [0.05, 0.1) is 5.56 Å². The van der Waals surface area contributed by atoms with Crippen LogP contribution in [0, 0.1) is 6.92 Å². The highest BCUT2D eigenvalue weighted by Gasteiger charge is 2.38. The van der Waals surface area contributed by atoms with Crippen molar-refractivity contribution in [2.45, 2.75) is 82.5 Å². The molecule has 1 aromatic heterocycles. The number of benzene rings is 3. The SMILES string of the molecule is Cc1ccc2c(=O)n(C)cc(-c3ccc(CN4CCC(N5CCC(c6ccc(NC7CCC(=O)NC7=O)cc6C(F)(F)F)CC5)CC4)c(OC(F)(F)F)c3)c2c1. The number of halogens is 6. The summed E-state index contributed by atoms with van der Waals surface area (Å²) in [6, 6.07) is 13.7. The Kier molecular flexibility index (Phi) is 10.9. The summed E-state index contributed by atoms with van der Waals surface area (Å²) in [4.78, 5) is 40.8. The number of likely N-dealkylation sites (tertiary alicyclic amines) is 2. The number of imide groups is 1. The number of aryl methyl sites for hydroxylation is 2. The van der Waals surface area contributed by atoms with E-state index in [1.165, 1.54) is 16.7 Å². The Morgan fingerprint density at radius 2 is 1.57 bits per heavy atom. The van der Waals surface area contributed by atoms with Crippen molar-refractivity contribution in [2.24, 2.45) is 7.05 Å². The van der Waals surface area contributed by atoms with E-state index in [4.69, 9.17) is 0 Å². The Bertz CT molecular complexity index is 2190. The normalized spacial score (nSPS) is 19.7. The average Bonchev–Trinajstić information content (AvgIpc) is 3.14. The number of nitrogens with one attached hydrogen (secondary N) is 2. The van der Waals surface area contributed by atoms with Gasteiger partial charge in [-0.3, -0.25) is 24.6 Å². The zero-order chi connectivity index (χ0) is 39.9. The first-order valence-electron chi connectivity index (χ1n) is 18.8. The van der Waals surface area contributed by atoms with E-state index >= 15 is 0 Å². The van der Waals surface area contributed by atoms with Gasteiger partial charge in [-0.1, -0.05) is 35.9 Å². The van der Waals surface area contributed by atoms with E-state index in [9.17, 15) is 40.7 Å². The highest BCUT2D eigenvalue weighted by Crippen LogP contribution is 2.41. The second kappa shape index (κ2) is 15.6. The van der Waals surface area contributed by atoms with E-state index in [0.29, 0.717) is 66.5 Å². The number of alkyl halides is 6. The number of hydrogen-bond acceptors (Lipinski definition) is 7. The zero-order valence-electron chi connectivity index (χ0n) is 31.0. The molecule has 0 spiro atoms. The number of pyridine rings is 1. The molecule has 2 N–H and O–H groups in total. The van der Waals surface area contributed by atoms with Crippen molar-refractivity contribution < 1.29 is 40.7 Å². The number of piperidine rings is 3. The third-order valence-electron chi connectivity index (χ3n) is 11.3. The first-order chi connectivity index (χ1) is 26.5. The van der Waals surface area contributed by atoms with Crippen molar-refractivity contribution in [3.8, 4) is 16.9 Å². The van der Waals surface area contributed by atoms with Crippen LogP contribution in [0.3, 0.4) is 0 Å². The smallest absolute Gasteiger partial charge is 0.405 e. The van der Waals surface area contributed by atoms with Gasteiger partial charge in [0, 0.05) is 54.5 Å². The number of rotatable bonds is 8. The molecule has 1 unspecified atom stereocenters. The summed E-state index contributed by atoms with van der Waals surface area (Å²) >= 11 is 0. The number of nitrogens with zero attached hydrogens (tertiary/aromatic N) is 3. The summed E-state index contributed by atoms with van der Waals surface area (Å²) < 4.78 is 90.0. The van der Waals surface area contributed by atoms with Crippen molar-refractivity contribution in [1.82, 2.24) is 19.7 Å². The Labute approximate surface area is 319 Å². The molecular formula is C41H43F6N5O4. The van der Waals surface area contributed by atoms with Crippen LogP contribution in [0.4, 0.5) is 32.0 Å². The van der Waals surface area contributed by atoms with Gasteiger partial charge in [0.2, 0.25) is 11.8 Å². The van der Waals surface area contributed by atoms with Crippen LogP contribution in [0.1, 0.15) is 66.7 Å². The number of aromatic nitrogens is 1. The van der Waals surface area contributed by atoms with Gasteiger partial charge in [0.25, 0.3) is 5.56 Å². The number of carbonyl (C=O) groups excluding carboxylic acids is 2. The Morgan fingerprint density at radius 1 is 0.839 bits per heavy atom. The van der Waals surface area contributed by atoms with Crippen molar-refractivity contribution >= 4 is 28.3 Å². The molecule has 298 valence electrons. The Hall–Kier alpha value is -4.89. The molecule has 0 bridgehead atoms. The lowest BCUT2D eigenvalue weighted by Gasteiger charge is -2.42. The number of ether oxygens (including phenoxy) is 1. The predicted octanol–water partition coefficient (Wildman–Crippen LogP) is 7.49. The molecule has 56 heavy (non-hydrogen) atoms. The van der Waals surface area contributed by atoms with Crippen LogP contribution in [0.2, 0.25) is 0 Å². The molecule has 15 heteroatoms. The lowest BCUT2D eigenvalue weighted by molar-refractivity contribution is -0.275. The van der Waals surface area contributed by atoms with Crippen molar-refractivity contribution in [2.75, 3.05) is 31.5 Å². The maximum Gasteiger partial charge on any atom is 0.573 e. The second-order valence-electron chi connectivity index (χ2n) is 15.1. The zero-order valence-corrected chi connectivity index (χ0v) is 31.0. The highest BCUT2D eigenvalue weighted by molar-refractivity contribution is 6.01. The van der Waals surface area contributed by atoms with E-state index in [1.807, 2.05) is 19.1 Å². The molecule has 2 amide bonds. The minimum Gasteiger partial charge on any atom is -0.405 e. The molecule has 3 saturated heterocycles. The van der Waals surface area contributed by atoms with Crippen molar-refractivity contribution in [1.29, 1.82) is 0 Å². The molecule has 4 aromatic rings. The third-order valence-corrected chi connectivity index (χ3v) is 11.3. The largest absolute Gasteiger partial charge is 0.573 e. The molecule has 0 aliphatic carbocycles. The van der Waals surface area contributed by atoms with E-state index in [1.54, 1.807) is 37.5 Å². The van der Waals surface area contributed by atoms with Gasteiger partial charge in [-0.15, -0.1) is 13.2 Å². The summed E-state index contributed by atoms with van der Waals surface area (Å²) in [6.45, 7) is 4.61. The fraction of sp³-hybridized carbons (Fsp3) is 0.439. The van der Waals surface area contributed by atoms with Crippen molar-refractivity contribution in [3.05, 3.63) is 93.4 Å². The first kappa shape index (κ1) is 39.3. The first-order valence-corrected chi connectivity index (χ1v) is 18.8. The molecule has 3 aliphatic rings. The number of amides is 2. The number of carbonyl (C=O) groups is 2. The van der Waals surface area contributed by atoms with E-state index in [2.05, 4.69) is 25.2 Å². The fourth-order valence-corrected chi connectivity index (χ4v) is 8.42. The summed E-state index contributed by atoms with van der Waals surface area (Å²) in [6.07, 6.45) is -4.98. The topological polar surface area (TPSA) is 95.9 Å². The molecule has 7 rings (SSSR count). The van der Waals surface area contributed by atoms with Crippen LogP contribution in [0.15, 0.2) is 65.6 Å². The molecule has 9 nitrogen and oxygen atoms in total. The van der Waals surface area contributed by atoms with E-state index < -0.39 is 36.0 Å². The Balaban J connectivity index is 0.991. The van der Waals surface area contributed by atoms with Gasteiger partial charge in [0.1, 0.15) is 11.8 Å². The number of anilines is 1. The predicted molar refractivity (Wildman–Crippen MR) is 199 cm³/mol. The maximum absolute atomic E-state index is 14.3. The highest BCUT2D eigenvalue weighted by atomic mass is 19.4. The second-order valence-corrected chi connectivity index (χ2v) is 15.1. The summed E-state index contributed by atoms with van der Waals surface area (Å²) in [7, 11) is 1.60. The van der Waals surface area contributed by atoms with Gasteiger partial charge in [-0.05, 0) is 112 Å². The Morgan fingerprint density at radius 3 is 2.25 bits per heavy atom. The van der Waals surface area contributed by atoms with Gasteiger partial charge < -0.3 is 19.5 Å². The summed E-state index contributed by atoms with van der Waals surface area (Å²) in [5, 5.41) is 6.16. The van der Waals surface area contributed by atoms with Gasteiger partial charge in [-0.25, -0.2) is 0 Å². The standard InChI is InChI=1S/C41H43F6N5O4/c1-24-3-7-31-32(19-24)33(23-50(2)39(31)55)26-4-5-27(36(20-26)56-41(45,46)47)22-51-15-13-29(14-16-51)52-17-11-25(12-18-52)30-8-6-28(21-34(30)40(42,43)44)48-35-9-10-37(53)49-38(35)54/h3-8,19-21,23,25,29,35,48H,9-18,22H2,1-2H3,(H,49,53,54). The van der Waals surface area contributed by atoms with Crippen LogP contribution in [-0.4, -0.2) is 70.8 Å². The fourth-order valence-electron chi connectivity index (χ4n) is 8.42. The maximum atomic E-state index is 14.3. The van der Waals surface area contributed by atoms with Crippen LogP contribution in [0.5, 0.6) is 5.75 Å². The molecule has 3 aliphatic heterocycles. The molecule has 3 fully saturated rings. The molecule has 0 saturated carbocycles. The van der Waals surface area contributed by atoms with Crippen LogP contribution < -0.4 is 20.9 Å². The minimum atomic E-state index is -4.91. The molecular weight excluding hydrogens is 740 g/mol.